The highest BCUT2D eigenvalue weighted by Gasteiger charge is 2.34. The summed E-state index contributed by atoms with van der Waals surface area (Å²) in [5.74, 6) is 0.110. The molecule has 3 nitrogen and oxygen atoms in total. The monoisotopic (exact) mass is 400 g/mol. The number of nitrogens with zero attached hydrogens (tertiary/aromatic N) is 2. The van der Waals surface area contributed by atoms with Crippen LogP contribution < -0.4 is 15.9 Å². The highest BCUT2D eigenvalue weighted by Crippen LogP contribution is 2.47. The van der Waals surface area contributed by atoms with Crippen LogP contribution in [-0.2, 0) is 4.79 Å². The van der Waals surface area contributed by atoms with Gasteiger partial charge in [0.1, 0.15) is 11.1 Å². The highest BCUT2D eigenvalue weighted by molar-refractivity contribution is 8.19. The molecule has 0 N–H and O–H groups in total. The maximum atomic E-state index is 11.9. The number of benzene rings is 3. The van der Waals surface area contributed by atoms with Crippen molar-refractivity contribution < 1.29 is 4.79 Å². The summed E-state index contributed by atoms with van der Waals surface area (Å²) in [6.45, 7) is -2.49. The van der Waals surface area contributed by atoms with Gasteiger partial charge in [0, 0.05) is 0 Å². The maximum Gasteiger partial charge on any atom is 0.257 e. The van der Waals surface area contributed by atoms with Crippen LogP contribution in [0.25, 0.3) is 0 Å². The van der Waals surface area contributed by atoms with Crippen LogP contribution in [0.2, 0.25) is 0 Å². The number of aliphatic imine (C=N–C) groups is 1. The van der Waals surface area contributed by atoms with Gasteiger partial charge in [0.05, 0.1) is 11.0 Å². The van der Waals surface area contributed by atoms with Crippen LogP contribution in [0.15, 0.2) is 96.0 Å². The molecule has 1 aliphatic heterocycles. The smallest absolute Gasteiger partial charge is 0.257 e. The molecule has 1 aliphatic rings. The molecule has 28 heavy (non-hydrogen) atoms. The SMILES string of the molecule is N#CC(C1=NC(=O)CS1)=P(c1ccccc1)(c1ccccc1)c1ccccc1. The molecule has 136 valence electrons. The fraction of sp³-hybridized carbons (Fsp3) is 0.0435. The van der Waals surface area contributed by atoms with Gasteiger partial charge in [0.2, 0.25) is 0 Å². The maximum absolute atomic E-state index is 11.9. The summed E-state index contributed by atoms with van der Waals surface area (Å²) in [6.07, 6.45) is 0. The van der Waals surface area contributed by atoms with Crippen molar-refractivity contribution in [2.75, 3.05) is 5.75 Å². The second-order valence-electron chi connectivity index (χ2n) is 6.24. The van der Waals surface area contributed by atoms with Gasteiger partial charge in [-0.05, 0) is 22.8 Å². The first kappa shape index (κ1) is 18.5. The quantitative estimate of drug-likeness (QED) is 0.631. The number of nitriles is 1. The molecule has 0 spiro atoms. The van der Waals surface area contributed by atoms with E-state index in [1.165, 1.54) is 11.8 Å². The van der Waals surface area contributed by atoms with Gasteiger partial charge in [-0.15, -0.1) is 0 Å². The number of rotatable bonds is 4. The normalized spacial score (nSPS) is 13.7. The van der Waals surface area contributed by atoms with Gasteiger partial charge in [0.15, 0.2) is 0 Å². The lowest BCUT2D eigenvalue weighted by Gasteiger charge is -2.30. The molecule has 0 bridgehead atoms. The number of hydrogen-bond donors (Lipinski definition) is 0. The van der Waals surface area contributed by atoms with Gasteiger partial charge < -0.3 is 0 Å². The van der Waals surface area contributed by atoms with Crippen molar-refractivity contribution in [2.24, 2.45) is 4.99 Å². The summed E-state index contributed by atoms with van der Waals surface area (Å²) in [7, 11) is 0. The van der Waals surface area contributed by atoms with Crippen molar-refractivity contribution >= 4 is 50.8 Å². The van der Waals surface area contributed by atoms with Gasteiger partial charge in [-0.25, -0.2) is 4.99 Å². The second-order valence-corrected chi connectivity index (χ2v) is 10.5. The molecule has 3 aromatic rings. The van der Waals surface area contributed by atoms with Crippen LogP contribution in [0, 0.1) is 11.3 Å². The standard InChI is InChI=1S/C23H17N2OPS/c24-16-21(23-25-22(26)17-28-23)27(18-10-4-1-5-11-18,19-12-6-2-7-13-19)20-14-8-3-9-15-20/h1-15H,17H2. The minimum atomic E-state index is -2.49. The van der Waals surface area contributed by atoms with Crippen LogP contribution in [0.4, 0.5) is 0 Å². The summed E-state index contributed by atoms with van der Waals surface area (Å²) < 4.78 is 0. The Morgan fingerprint density at radius 3 is 1.57 bits per heavy atom. The molecule has 0 unspecified atom stereocenters. The molecule has 0 atom stereocenters. The number of hydrogen-bond acceptors (Lipinski definition) is 3. The first-order valence-electron chi connectivity index (χ1n) is 8.85. The third-order valence-corrected chi connectivity index (χ3v) is 9.95. The summed E-state index contributed by atoms with van der Waals surface area (Å²) in [6, 6.07) is 32.9. The Morgan fingerprint density at radius 2 is 1.25 bits per heavy atom. The number of thioether (sulfide) groups is 1. The lowest BCUT2D eigenvalue weighted by Crippen LogP contribution is -2.32. The first-order chi connectivity index (χ1) is 13.8. The summed E-state index contributed by atoms with van der Waals surface area (Å²) in [5.41, 5.74) is 0. The first-order valence-corrected chi connectivity index (χ1v) is 11.6. The number of amides is 1. The minimum Gasteiger partial charge on any atom is -0.272 e. The Bertz CT molecular complexity index is 1030. The van der Waals surface area contributed by atoms with E-state index in [4.69, 9.17) is 0 Å². The van der Waals surface area contributed by atoms with E-state index < -0.39 is 6.89 Å². The Morgan fingerprint density at radius 1 is 0.821 bits per heavy atom. The summed E-state index contributed by atoms with van der Waals surface area (Å²) >= 11 is 1.36. The third kappa shape index (κ3) is 3.14. The topological polar surface area (TPSA) is 53.2 Å². The van der Waals surface area contributed by atoms with E-state index in [1.807, 2.05) is 54.6 Å². The molecule has 0 aromatic heterocycles. The molecule has 0 saturated heterocycles. The van der Waals surface area contributed by atoms with Crippen molar-refractivity contribution in [1.29, 1.82) is 5.26 Å². The number of carbonyl (C=O) groups excluding carboxylic acids is 1. The largest absolute Gasteiger partial charge is 0.272 e. The molecule has 3 aromatic carbocycles. The Hall–Kier alpha value is -2.86. The van der Waals surface area contributed by atoms with Crippen molar-refractivity contribution in [2.45, 2.75) is 0 Å². The van der Waals surface area contributed by atoms with Crippen molar-refractivity contribution in [3.63, 3.8) is 0 Å². The van der Waals surface area contributed by atoms with Crippen LogP contribution in [0.1, 0.15) is 0 Å². The van der Waals surface area contributed by atoms with E-state index >= 15 is 0 Å². The van der Waals surface area contributed by atoms with Crippen LogP contribution in [0.5, 0.6) is 0 Å². The van der Waals surface area contributed by atoms with Crippen LogP contribution in [0.3, 0.4) is 0 Å². The van der Waals surface area contributed by atoms with E-state index in [0.29, 0.717) is 16.1 Å². The van der Waals surface area contributed by atoms with Crippen LogP contribution in [-0.4, -0.2) is 22.0 Å². The zero-order chi connectivity index (χ0) is 19.4. The van der Waals surface area contributed by atoms with Gasteiger partial charge in [0.25, 0.3) is 5.91 Å². The average molecular weight is 400 g/mol. The third-order valence-electron chi connectivity index (χ3n) is 4.63. The Balaban J connectivity index is 2.23. The fourth-order valence-electron chi connectivity index (χ4n) is 3.48. The molecular formula is C23H17N2OPS. The summed E-state index contributed by atoms with van der Waals surface area (Å²) in [5, 5.41) is 14.7. The zero-order valence-corrected chi connectivity index (χ0v) is 16.7. The molecule has 0 aliphatic carbocycles. The second kappa shape index (κ2) is 8.02. The van der Waals surface area contributed by atoms with Gasteiger partial charge in [-0.2, -0.15) is 5.26 Å². The van der Waals surface area contributed by atoms with Gasteiger partial charge in [-0.1, -0.05) is 103 Å². The molecule has 0 radical (unpaired) electrons. The molecule has 1 amide bonds. The van der Waals surface area contributed by atoms with E-state index in [1.54, 1.807) is 0 Å². The van der Waals surface area contributed by atoms with E-state index in [-0.39, 0.29) is 5.91 Å². The van der Waals surface area contributed by atoms with E-state index in [0.717, 1.165) is 15.9 Å². The predicted molar refractivity (Wildman–Crippen MR) is 121 cm³/mol. The fourth-order valence-corrected chi connectivity index (χ4v) is 8.78. The lowest BCUT2D eigenvalue weighted by atomic mass is 10.4. The van der Waals surface area contributed by atoms with E-state index in [2.05, 4.69) is 47.5 Å². The molecule has 0 fully saturated rings. The summed E-state index contributed by atoms with van der Waals surface area (Å²) in [4.78, 5) is 16.1. The average Bonchev–Trinajstić information content (AvgIpc) is 3.19. The lowest BCUT2D eigenvalue weighted by molar-refractivity contribution is -0.115. The highest BCUT2D eigenvalue weighted by atomic mass is 32.2. The molecule has 4 rings (SSSR count). The number of carbonyl (C=O) groups is 1. The van der Waals surface area contributed by atoms with Crippen molar-refractivity contribution in [3.05, 3.63) is 91.0 Å². The molecule has 5 heteroatoms. The van der Waals surface area contributed by atoms with Gasteiger partial charge >= 0.3 is 0 Å². The predicted octanol–water partition coefficient (Wildman–Crippen LogP) is 3.35. The van der Waals surface area contributed by atoms with Gasteiger partial charge in [-0.3, -0.25) is 4.79 Å². The molecule has 0 saturated carbocycles. The Labute approximate surface area is 168 Å². The van der Waals surface area contributed by atoms with Crippen LogP contribution >= 0.6 is 18.6 Å². The molecule has 1 heterocycles. The van der Waals surface area contributed by atoms with Crippen molar-refractivity contribution in [1.82, 2.24) is 0 Å². The van der Waals surface area contributed by atoms with E-state index in [9.17, 15) is 10.1 Å². The molecular weight excluding hydrogens is 383 g/mol. The van der Waals surface area contributed by atoms with Crippen molar-refractivity contribution in [3.8, 4) is 6.07 Å². The zero-order valence-electron chi connectivity index (χ0n) is 15.0. The Kier molecular flexibility index (Phi) is 5.30. The minimum absolute atomic E-state index is 0.181.